The molecule has 2 atom stereocenters. The van der Waals surface area contributed by atoms with Crippen LogP contribution in [0.25, 0.3) is 0 Å². The minimum atomic E-state index is -1.03. The predicted octanol–water partition coefficient (Wildman–Crippen LogP) is 7.18. The fourth-order valence-electron chi connectivity index (χ4n) is 5.38. The Labute approximate surface area is 264 Å². The summed E-state index contributed by atoms with van der Waals surface area (Å²) >= 11 is 6.14. The number of likely N-dealkylation sites (tertiary alicyclic amines) is 1. The highest BCUT2D eigenvalue weighted by Crippen LogP contribution is 2.37. The Hall–Kier alpha value is -5.09. The van der Waals surface area contributed by atoms with Crippen LogP contribution in [-0.2, 0) is 11.2 Å². The van der Waals surface area contributed by atoms with Gasteiger partial charge < -0.3 is 30.1 Å². The smallest absolute Gasteiger partial charge is 0.335 e. The lowest BCUT2D eigenvalue weighted by molar-refractivity contribution is -0.134. The van der Waals surface area contributed by atoms with Crippen LogP contribution in [-0.4, -0.2) is 47.7 Å². The van der Waals surface area contributed by atoms with Crippen LogP contribution in [0.1, 0.15) is 40.4 Å². The molecule has 232 valence electrons. The molecule has 0 aliphatic carbocycles. The monoisotopic (exact) mass is 631 g/mol. The van der Waals surface area contributed by atoms with Gasteiger partial charge in [0.2, 0.25) is 5.91 Å². The lowest BCUT2D eigenvalue weighted by Crippen LogP contribution is -2.41. The van der Waals surface area contributed by atoms with Crippen molar-refractivity contribution < 1.29 is 33.4 Å². The number of carbonyl (C=O) groups excluding carboxylic acids is 2. The first-order valence-corrected chi connectivity index (χ1v) is 14.6. The van der Waals surface area contributed by atoms with Crippen molar-refractivity contribution in [2.45, 2.75) is 31.3 Å². The van der Waals surface area contributed by atoms with Gasteiger partial charge in [0.05, 0.1) is 47.6 Å². The number of carbonyl (C=O) groups is 3. The van der Waals surface area contributed by atoms with Crippen molar-refractivity contribution in [1.29, 1.82) is 0 Å². The molecule has 4 aromatic rings. The molecular weight excluding hydrogens is 601 g/mol. The molecule has 5 rings (SSSR count). The number of hydrogen-bond donors (Lipinski definition) is 3. The number of urea groups is 1. The largest absolute Gasteiger partial charge is 0.495 e. The number of hydrogen-bond acceptors (Lipinski definition) is 5. The summed E-state index contributed by atoms with van der Waals surface area (Å²) in [7, 11) is 1.47. The van der Waals surface area contributed by atoms with Gasteiger partial charge in [0.25, 0.3) is 0 Å². The summed E-state index contributed by atoms with van der Waals surface area (Å²) < 4.78 is 25.2. The number of carboxylic acid groups (broad SMARTS) is 1. The second kappa shape index (κ2) is 14.1. The summed E-state index contributed by atoms with van der Waals surface area (Å²) in [5, 5.41) is 15.0. The molecule has 45 heavy (non-hydrogen) atoms. The number of aromatic carboxylic acids is 1. The number of amides is 3. The Morgan fingerprint density at radius 2 is 1.64 bits per heavy atom. The highest BCUT2D eigenvalue weighted by Gasteiger charge is 2.38. The molecule has 4 aromatic carbocycles. The van der Waals surface area contributed by atoms with E-state index >= 15 is 0 Å². The number of para-hydroxylation sites is 1. The zero-order valence-corrected chi connectivity index (χ0v) is 25.1. The molecule has 1 fully saturated rings. The van der Waals surface area contributed by atoms with E-state index in [0.717, 1.165) is 5.56 Å². The standard InChI is InChI=1S/C34H31ClFN3O6/c1-44-31-18-21(6-16-29(31)38-34(43)37-28-5-3-2-4-27(28)35)19-32(40)39-25(13-17-30(39)22-7-11-24(36)12-8-22)20-45-26-14-9-23(10-15-26)33(41)42/h2-12,14-16,18,25,30H,13,17,19-20H2,1H3,(H,41,42)(H2,37,38,43)/t25-,30+/m0/s1. The quantitative estimate of drug-likeness (QED) is 0.171. The fourth-order valence-corrected chi connectivity index (χ4v) is 5.56. The SMILES string of the molecule is COc1cc(CC(=O)N2[C@H](COc3ccc(C(=O)O)cc3)CC[C@@H]2c2ccc(F)cc2)ccc1NC(=O)Nc1ccccc1Cl. The molecule has 0 spiro atoms. The van der Waals surface area contributed by atoms with Gasteiger partial charge in [-0.2, -0.15) is 0 Å². The van der Waals surface area contributed by atoms with Crippen LogP contribution in [0.4, 0.5) is 20.6 Å². The Kier molecular flexibility index (Phi) is 9.84. The predicted molar refractivity (Wildman–Crippen MR) is 169 cm³/mol. The molecule has 1 saturated heterocycles. The van der Waals surface area contributed by atoms with E-state index in [9.17, 15) is 18.8 Å². The molecule has 11 heteroatoms. The second-order valence-corrected chi connectivity index (χ2v) is 10.9. The topological polar surface area (TPSA) is 117 Å². The van der Waals surface area contributed by atoms with E-state index in [-0.39, 0.29) is 42.4 Å². The summed E-state index contributed by atoms with van der Waals surface area (Å²) in [4.78, 5) is 39.5. The minimum absolute atomic E-state index is 0.0456. The fraction of sp³-hybridized carbons (Fsp3) is 0.206. The third-order valence-electron chi connectivity index (χ3n) is 7.58. The first kappa shape index (κ1) is 31.3. The Morgan fingerprint density at radius 1 is 0.933 bits per heavy atom. The summed E-state index contributed by atoms with van der Waals surface area (Å²) in [6.45, 7) is 0.197. The average Bonchev–Trinajstić information content (AvgIpc) is 3.46. The Balaban J connectivity index is 1.31. The van der Waals surface area contributed by atoms with Gasteiger partial charge in [-0.25, -0.2) is 14.0 Å². The van der Waals surface area contributed by atoms with Gasteiger partial charge in [-0.1, -0.05) is 41.9 Å². The lowest BCUT2D eigenvalue weighted by atomic mass is 10.0. The van der Waals surface area contributed by atoms with Gasteiger partial charge in [0, 0.05) is 0 Å². The van der Waals surface area contributed by atoms with Crippen LogP contribution in [0, 0.1) is 5.82 Å². The van der Waals surface area contributed by atoms with E-state index < -0.39 is 12.0 Å². The third-order valence-corrected chi connectivity index (χ3v) is 7.91. The number of ether oxygens (including phenoxy) is 2. The molecule has 9 nitrogen and oxygen atoms in total. The van der Waals surface area contributed by atoms with E-state index in [4.69, 9.17) is 26.2 Å². The van der Waals surface area contributed by atoms with Gasteiger partial charge in [0.15, 0.2) is 0 Å². The third kappa shape index (κ3) is 7.71. The van der Waals surface area contributed by atoms with Crippen molar-refractivity contribution >= 4 is 40.9 Å². The maximum atomic E-state index is 13.9. The van der Waals surface area contributed by atoms with Crippen LogP contribution >= 0.6 is 11.6 Å². The van der Waals surface area contributed by atoms with Crippen LogP contribution in [0.15, 0.2) is 91.0 Å². The molecule has 0 saturated carbocycles. The molecular formula is C34H31ClFN3O6. The highest BCUT2D eigenvalue weighted by atomic mass is 35.5. The zero-order chi connectivity index (χ0) is 31.9. The number of carboxylic acids is 1. The maximum Gasteiger partial charge on any atom is 0.335 e. The number of halogens is 2. The van der Waals surface area contributed by atoms with Crippen LogP contribution in [0.3, 0.4) is 0 Å². The van der Waals surface area contributed by atoms with Crippen molar-refractivity contribution in [3.05, 3.63) is 119 Å². The molecule has 0 radical (unpaired) electrons. The van der Waals surface area contributed by atoms with Crippen LogP contribution in [0.5, 0.6) is 11.5 Å². The summed E-state index contributed by atoms with van der Waals surface area (Å²) in [6, 6.07) is 23.1. The highest BCUT2D eigenvalue weighted by molar-refractivity contribution is 6.33. The summed E-state index contributed by atoms with van der Waals surface area (Å²) in [6.07, 6.45) is 1.37. The summed E-state index contributed by atoms with van der Waals surface area (Å²) in [5.41, 5.74) is 2.50. The number of nitrogens with zero attached hydrogens (tertiary/aromatic N) is 1. The van der Waals surface area contributed by atoms with Gasteiger partial charge >= 0.3 is 12.0 Å². The first-order chi connectivity index (χ1) is 21.7. The van der Waals surface area contributed by atoms with Crippen molar-refractivity contribution in [3.63, 3.8) is 0 Å². The van der Waals surface area contributed by atoms with Crippen molar-refractivity contribution in [2.75, 3.05) is 24.4 Å². The zero-order valence-electron chi connectivity index (χ0n) is 24.3. The van der Waals surface area contributed by atoms with Crippen LogP contribution in [0.2, 0.25) is 5.02 Å². The number of nitrogens with one attached hydrogen (secondary N) is 2. The molecule has 1 aliphatic heterocycles. The molecule has 1 heterocycles. The van der Waals surface area contributed by atoms with Gasteiger partial charge in [-0.15, -0.1) is 0 Å². The minimum Gasteiger partial charge on any atom is -0.495 e. The van der Waals surface area contributed by atoms with E-state index in [1.165, 1.54) is 31.4 Å². The average molecular weight is 632 g/mol. The van der Waals surface area contributed by atoms with Gasteiger partial charge in [0.1, 0.15) is 23.9 Å². The number of methoxy groups -OCH3 is 1. The Morgan fingerprint density at radius 3 is 2.33 bits per heavy atom. The first-order valence-electron chi connectivity index (χ1n) is 14.2. The number of benzene rings is 4. The number of anilines is 2. The van der Waals surface area contributed by atoms with Crippen molar-refractivity contribution in [1.82, 2.24) is 4.90 Å². The molecule has 3 amide bonds. The molecule has 3 N–H and O–H groups in total. The molecule has 0 aromatic heterocycles. The van der Waals surface area contributed by atoms with Crippen molar-refractivity contribution in [2.24, 2.45) is 0 Å². The maximum absolute atomic E-state index is 13.9. The number of rotatable bonds is 10. The van der Waals surface area contributed by atoms with E-state index in [0.29, 0.717) is 46.3 Å². The van der Waals surface area contributed by atoms with Gasteiger partial charge in [-0.3, -0.25) is 4.79 Å². The molecule has 0 bridgehead atoms. The van der Waals surface area contributed by atoms with E-state index in [1.807, 2.05) is 0 Å². The van der Waals surface area contributed by atoms with E-state index in [1.54, 1.807) is 71.6 Å². The molecule has 1 aliphatic rings. The lowest BCUT2D eigenvalue weighted by Gasteiger charge is -2.31. The van der Waals surface area contributed by atoms with Gasteiger partial charge in [-0.05, 0) is 84.6 Å². The summed E-state index contributed by atoms with van der Waals surface area (Å²) in [5.74, 6) is -0.687. The van der Waals surface area contributed by atoms with Crippen molar-refractivity contribution in [3.8, 4) is 11.5 Å². The molecule has 0 unspecified atom stereocenters. The van der Waals surface area contributed by atoms with E-state index in [2.05, 4.69) is 10.6 Å². The second-order valence-electron chi connectivity index (χ2n) is 10.5. The Bertz CT molecular complexity index is 1680. The normalized spacial score (nSPS) is 15.8. The van der Waals surface area contributed by atoms with Crippen LogP contribution < -0.4 is 20.1 Å².